The zero-order valence-corrected chi connectivity index (χ0v) is 20.9. The zero-order chi connectivity index (χ0) is 23.7. The van der Waals surface area contributed by atoms with Gasteiger partial charge in [0.1, 0.15) is 0 Å². The second-order valence-corrected chi connectivity index (χ2v) is 13.8. The summed E-state index contributed by atoms with van der Waals surface area (Å²) < 4.78 is 0. The third-order valence-electron chi connectivity index (χ3n) is 8.35. The van der Waals surface area contributed by atoms with Gasteiger partial charge in [0.25, 0.3) is 0 Å². The average Bonchev–Trinajstić information content (AvgIpc) is 3.46. The van der Waals surface area contributed by atoms with Gasteiger partial charge in [-0.2, -0.15) is 0 Å². The fourth-order valence-corrected chi connectivity index (χ4v) is 12.1. The Morgan fingerprint density at radius 1 is 0.444 bits per heavy atom. The van der Waals surface area contributed by atoms with Gasteiger partial charge in [0, 0.05) is 0 Å². The lowest BCUT2D eigenvalue weighted by Gasteiger charge is -2.31. The first kappa shape index (κ1) is 20.0. The molecule has 6 aromatic rings. The molecule has 0 atom stereocenters. The zero-order valence-electron chi connectivity index (χ0n) is 19.9. The van der Waals surface area contributed by atoms with E-state index in [2.05, 4.69) is 133 Å². The minimum atomic E-state index is -2.43. The first-order valence-electron chi connectivity index (χ1n) is 12.7. The normalized spacial score (nSPS) is 14.2. The van der Waals surface area contributed by atoms with E-state index in [9.17, 15) is 0 Å². The van der Waals surface area contributed by atoms with E-state index >= 15 is 0 Å². The van der Waals surface area contributed by atoms with Crippen molar-refractivity contribution < 1.29 is 0 Å². The summed E-state index contributed by atoms with van der Waals surface area (Å²) in [5.74, 6) is 0. The molecule has 0 bridgehead atoms. The van der Waals surface area contributed by atoms with Crippen LogP contribution in [0, 0.1) is 0 Å². The van der Waals surface area contributed by atoms with Crippen LogP contribution in [0.2, 0.25) is 0 Å². The minimum Gasteiger partial charge on any atom is -0.0623 e. The van der Waals surface area contributed by atoms with Crippen LogP contribution in [0.3, 0.4) is 0 Å². The molecule has 6 aromatic carbocycles. The molecule has 0 saturated carbocycles. The predicted octanol–water partition coefficient (Wildman–Crippen LogP) is 5.77. The standard InChI is InChI=1S/C35H24Si/c1-3-12-27(13-4-1)36(28-14-5-2-6-15-28)33-18-10-9-17-30(33)35-32-23-26-21-24-11-7-8-16-29(24)31(26)22-25(32)19-20-34(35)36/h1-20,22-23H,21H2. The van der Waals surface area contributed by atoms with Crippen LogP contribution in [-0.2, 0) is 6.42 Å². The number of rotatable bonds is 2. The van der Waals surface area contributed by atoms with E-state index in [1.807, 2.05) is 0 Å². The number of hydrogen-bond acceptors (Lipinski definition) is 0. The second-order valence-electron chi connectivity index (χ2n) is 10.1. The maximum atomic E-state index is 2.50. The summed E-state index contributed by atoms with van der Waals surface area (Å²) in [5, 5.41) is 8.67. The van der Waals surface area contributed by atoms with Gasteiger partial charge in [-0.05, 0) is 83.5 Å². The van der Waals surface area contributed by atoms with Crippen LogP contribution in [0.25, 0.3) is 33.0 Å². The fourth-order valence-electron chi connectivity index (χ4n) is 6.90. The fraction of sp³-hybridized carbons (Fsp3) is 0.0286. The van der Waals surface area contributed by atoms with Crippen LogP contribution in [0.5, 0.6) is 0 Å². The Hall–Kier alpha value is -4.20. The van der Waals surface area contributed by atoms with Crippen molar-refractivity contribution in [1.29, 1.82) is 0 Å². The average molecular weight is 473 g/mol. The van der Waals surface area contributed by atoms with Crippen molar-refractivity contribution in [3.8, 4) is 22.3 Å². The van der Waals surface area contributed by atoms with Crippen LogP contribution < -0.4 is 20.7 Å². The van der Waals surface area contributed by atoms with Gasteiger partial charge in [0.15, 0.2) is 8.07 Å². The smallest absolute Gasteiger partial charge is 0.0623 e. The van der Waals surface area contributed by atoms with E-state index in [1.165, 1.54) is 64.9 Å². The Bertz CT molecular complexity index is 1760. The quantitative estimate of drug-likeness (QED) is 0.280. The van der Waals surface area contributed by atoms with Gasteiger partial charge in [-0.1, -0.05) is 121 Å². The van der Waals surface area contributed by atoms with Crippen LogP contribution >= 0.6 is 0 Å². The molecule has 0 saturated heterocycles. The molecule has 0 nitrogen and oxygen atoms in total. The van der Waals surface area contributed by atoms with Crippen LogP contribution in [-0.4, -0.2) is 8.07 Å². The molecule has 1 heteroatoms. The molecule has 8 rings (SSSR count). The van der Waals surface area contributed by atoms with E-state index in [0.29, 0.717) is 0 Å². The van der Waals surface area contributed by atoms with Gasteiger partial charge in [-0.3, -0.25) is 0 Å². The summed E-state index contributed by atoms with van der Waals surface area (Å²) in [7, 11) is -2.43. The molecule has 36 heavy (non-hydrogen) atoms. The van der Waals surface area contributed by atoms with Crippen molar-refractivity contribution in [2.45, 2.75) is 6.42 Å². The lowest BCUT2D eigenvalue weighted by Crippen LogP contribution is -2.72. The van der Waals surface area contributed by atoms with Gasteiger partial charge in [0.05, 0.1) is 0 Å². The molecular weight excluding hydrogens is 448 g/mol. The third kappa shape index (κ3) is 2.53. The molecule has 2 aliphatic rings. The predicted molar refractivity (Wildman–Crippen MR) is 155 cm³/mol. The molecule has 1 heterocycles. The van der Waals surface area contributed by atoms with E-state index in [-0.39, 0.29) is 0 Å². The Morgan fingerprint density at radius 3 is 1.83 bits per heavy atom. The Kier molecular flexibility index (Phi) is 4.12. The maximum Gasteiger partial charge on any atom is 0.180 e. The topological polar surface area (TPSA) is 0 Å². The first-order chi connectivity index (χ1) is 17.9. The minimum absolute atomic E-state index is 1.02. The molecule has 0 spiro atoms. The summed E-state index contributed by atoms with van der Waals surface area (Å²) >= 11 is 0. The monoisotopic (exact) mass is 472 g/mol. The van der Waals surface area contributed by atoms with Crippen LogP contribution in [0.4, 0.5) is 0 Å². The third-order valence-corrected chi connectivity index (χ3v) is 13.2. The van der Waals surface area contributed by atoms with Gasteiger partial charge in [0.2, 0.25) is 0 Å². The van der Waals surface area contributed by atoms with Gasteiger partial charge in [-0.15, -0.1) is 0 Å². The lowest BCUT2D eigenvalue weighted by molar-refractivity contribution is 1.27. The number of hydrogen-bond donors (Lipinski definition) is 0. The summed E-state index contributed by atoms with van der Waals surface area (Å²) in [6, 6.07) is 50.4. The maximum absolute atomic E-state index is 2.50. The van der Waals surface area contributed by atoms with Crippen molar-refractivity contribution in [1.82, 2.24) is 0 Å². The molecule has 1 aliphatic carbocycles. The molecule has 0 fully saturated rings. The summed E-state index contributed by atoms with van der Waals surface area (Å²) in [4.78, 5) is 0. The Morgan fingerprint density at radius 2 is 1.08 bits per heavy atom. The van der Waals surface area contributed by atoms with E-state index in [4.69, 9.17) is 0 Å². The molecule has 168 valence electrons. The first-order valence-corrected chi connectivity index (χ1v) is 14.7. The summed E-state index contributed by atoms with van der Waals surface area (Å²) in [6.45, 7) is 0. The van der Waals surface area contributed by atoms with Crippen molar-refractivity contribution in [3.05, 3.63) is 145 Å². The van der Waals surface area contributed by atoms with Gasteiger partial charge < -0.3 is 0 Å². The van der Waals surface area contributed by atoms with Crippen LogP contribution in [0.15, 0.2) is 133 Å². The summed E-state index contributed by atoms with van der Waals surface area (Å²) in [5.41, 5.74) is 8.55. The Labute approximate surface area is 212 Å². The highest BCUT2D eigenvalue weighted by Crippen LogP contribution is 2.42. The van der Waals surface area contributed by atoms with Crippen molar-refractivity contribution in [3.63, 3.8) is 0 Å². The molecule has 0 aromatic heterocycles. The second kappa shape index (κ2) is 7.40. The molecule has 1 aliphatic heterocycles. The summed E-state index contributed by atoms with van der Waals surface area (Å²) in [6.07, 6.45) is 1.02. The molecule has 0 N–H and O–H groups in total. The van der Waals surface area contributed by atoms with E-state index in [1.54, 1.807) is 0 Å². The molecule has 0 unspecified atom stereocenters. The van der Waals surface area contributed by atoms with Crippen molar-refractivity contribution >= 4 is 39.6 Å². The highest BCUT2D eigenvalue weighted by Gasteiger charge is 2.48. The number of benzene rings is 6. The SMILES string of the molecule is c1ccc([Si]2(c3ccccc3)c3ccccc3-c3c2ccc2cc4c(cc32)Cc2ccccc2-4)cc1. The molecule has 0 radical (unpaired) electrons. The lowest BCUT2D eigenvalue weighted by atomic mass is 9.94. The number of fused-ring (bicyclic) bond motifs is 8. The highest BCUT2D eigenvalue weighted by atomic mass is 28.3. The van der Waals surface area contributed by atoms with Gasteiger partial charge >= 0.3 is 0 Å². The van der Waals surface area contributed by atoms with Gasteiger partial charge in [-0.25, -0.2) is 0 Å². The molecular formula is C35H24Si. The Balaban J connectivity index is 1.50. The molecule has 0 amide bonds. The van der Waals surface area contributed by atoms with E-state index in [0.717, 1.165) is 6.42 Å². The van der Waals surface area contributed by atoms with E-state index < -0.39 is 8.07 Å². The van der Waals surface area contributed by atoms with Crippen LogP contribution in [0.1, 0.15) is 11.1 Å². The van der Waals surface area contributed by atoms with Crippen molar-refractivity contribution in [2.24, 2.45) is 0 Å². The largest absolute Gasteiger partial charge is 0.180 e. The highest BCUT2D eigenvalue weighted by molar-refractivity contribution is 7.22. The van der Waals surface area contributed by atoms with Crippen molar-refractivity contribution in [2.75, 3.05) is 0 Å².